The van der Waals surface area contributed by atoms with Crippen molar-refractivity contribution in [1.82, 2.24) is 0 Å². The molecule has 0 aromatic heterocycles. The van der Waals surface area contributed by atoms with Crippen LogP contribution in [0.3, 0.4) is 0 Å². The van der Waals surface area contributed by atoms with Crippen LogP contribution in [0, 0.1) is 0 Å². The maximum Gasteiger partial charge on any atom is 0.331 e. The maximum absolute atomic E-state index is 12.3. The van der Waals surface area contributed by atoms with E-state index in [1.54, 1.807) is 6.08 Å². The van der Waals surface area contributed by atoms with E-state index in [2.05, 4.69) is 0 Å². The molecule has 0 aliphatic carbocycles. The molecular weight excluding hydrogens is 400 g/mol. The van der Waals surface area contributed by atoms with Crippen LogP contribution in [0.4, 0.5) is 0 Å². The molecule has 31 heavy (non-hydrogen) atoms. The highest BCUT2D eigenvalue weighted by Gasteiger charge is 2.48. The second-order valence-corrected chi connectivity index (χ2v) is 7.17. The molecule has 0 saturated carbocycles. The second-order valence-electron chi connectivity index (χ2n) is 7.17. The zero-order chi connectivity index (χ0) is 22.1. The summed E-state index contributed by atoms with van der Waals surface area (Å²) in [4.78, 5) is 12.3. The Morgan fingerprint density at radius 2 is 1.74 bits per heavy atom. The molecule has 0 radical (unpaired) electrons. The Balaban J connectivity index is 1.59. The largest absolute Gasteiger partial charge is 0.453 e. The lowest BCUT2D eigenvalue weighted by Crippen LogP contribution is -2.61. The van der Waals surface area contributed by atoms with E-state index >= 15 is 0 Å². The van der Waals surface area contributed by atoms with E-state index in [4.69, 9.17) is 18.9 Å². The Hall–Kier alpha value is -2.55. The van der Waals surface area contributed by atoms with Crippen LogP contribution in [0.5, 0.6) is 0 Å². The minimum absolute atomic E-state index is 0.310. The average molecular weight is 428 g/mol. The van der Waals surface area contributed by atoms with Crippen molar-refractivity contribution in [2.75, 3.05) is 20.3 Å². The monoisotopic (exact) mass is 428 g/mol. The lowest BCUT2D eigenvalue weighted by molar-refractivity contribution is -0.305. The molecule has 2 N–H and O–H groups in total. The number of aliphatic hydroxyl groups excluding tert-OH is 2. The van der Waals surface area contributed by atoms with Crippen molar-refractivity contribution in [2.45, 2.75) is 37.1 Å². The number of rotatable bonds is 9. The van der Waals surface area contributed by atoms with Gasteiger partial charge >= 0.3 is 5.97 Å². The van der Waals surface area contributed by atoms with Gasteiger partial charge < -0.3 is 29.2 Å². The van der Waals surface area contributed by atoms with Crippen LogP contribution in [0.1, 0.15) is 11.1 Å². The molecule has 2 aromatic carbocycles. The average Bonchev–Trinajstić information content (AvgIpc) is 2.80. The standard InChI is InChI=1S/C24H28O7/c1-28-23-21(27)24(29-15-14-18-10-6-3-7-11-18)30-19(16-25)22(23)31-20(26)13-12-17-8-4-2-5-9-17/h2-13,19,21-25,27H,14-16H2,1H3/t19?,21?,22-,23?,24+/m0/s1. The van der Waals surface area contributed by atoms with Gasteiger partial charge in [-0.05, 0) is 23.6 Å². The number of ether oxygens (including phenoxy) is 4. The third-order valence-corrected chi connectivity index (χ3v) is 5.05. The van der Waals surface area contributed by atoms with Gasteiger partial charge in [-0.2, -0.15) is 0 Å². The van der Waals surface area contributed by atoms with E-state index in [1.165, 1.54) is 13.2 Å². The first kappa shape index (κ1) is 23.1. The van der Waals surface area contributed by atoms with Gasteiger partial charge in [-0.15, -0.1) is 0 Å². The first-order valence-electron chi connectivity index (χ1n) is 10.2. The molecule has 1 aliphatic rings. The van der Waals surface area contributed by atoms with Crippen molar-refractivity contribution < 1.29 is 34.0 Å². The summed E-state index contributed by atoms with van der Waals surface area (Å²) < 4.78 is 22.2. The fourth-order valence-corrected chi connectivity index (χ4v) is 3.43. The predicted molar refractivity (Wildman–Crippen MR) is 114 cm³/mol. The van der Waals surface area contributed by atoms with Crippen molar-refractivity contribution in [3.05, 3.63) is 77.9 Å². The second kappa shape index (κ2) is 11.7. The molecule has 1 heterocycles. The summed E-state index contributed by atoms with van der Waals surface area (Å²) in [7, 11) is 1.40. The molecule has 1 aliphatic heterocycles. The molecule has 7 nitrogen and oxygen atoms in total. The number of hydrogen-bond donors (Lipinski definition) is 2. The molecule has 3 unspecified atom stereocenters. The molecule has 1 saturated heterocycles. The zero-order valence-electron chi connectivity index (χ0n) is 17.4. The Bertz CT molecular complexity index is 824. The van der Waals surface area contributed by atoms with Crippen molar-refractivity contribution in [2.24, 2.45) is 0 Å². The molecule has 5 atom stereocenters. The van der Waals surface area contributed by atoms with Crippen molar-refractivity contribution in [1.29, 1.82) is 0 Å². The van der Waals surface area contributed by atoms with Crippen LogP contribution < -0.4 is 0 Å². The summed E-state index contributed by atoms with van der Waals surface area (Å²) in [6.07, 6.45) is -1.48. The van der Waals surface area contributed by atoms with Crippen LogP contribution in [-0.4, -0.2) is 67.2 Å². The van der Waals surface area contributed by atoms with Gasteiger partial charge in [0.2, 0.25) is 0 Å². The molecule has 2 aromatic rings. The summed E-state index contributed by atoms with van der Waals surface area (Å²) in [5, 5.41) is 20.4. The predicted octanol–water partition coefficient (Wildman–Crippen LogP) is 1.96. The molecular formula is C24H28O7. The Morgan fingerprint density at radius 3 is 2.39 bits per heavy atom. The summed E-state index contributed by atoms with van der Waals surface area (Å²) in [5.41, 5.74) is 1.93. The van der Waals surface area contributed by atoms with E-state index in [9.17, 15) is 15.0 Å². The van der Waals surface area contributed by atoms with E-state index in [1.807, 2.05) is 60.7 Å². The third-order valence-electron chi connectivity index (χ3n) is 5.05. The Labute approximate surface area is 181 Å². The van der Waals surface area contributed by atoms with Crippen LogP contribution in [-0.2, 0) is 30.2 Å². The van der Waals surface area contributed by atoms with E-state index in [0.717, 1.165) is 11.1 Å². The minimum atomic E-state index is -1.19. The number of aliphatic hydroxyl groups is 2. The zero-order valence-corrected chi connectivity index (χ0v) is 17.4. The Kier molecular flexibility index (Phi) is 8.75. The van der Waals surface area contributed by atoms with Gasteiger partial charge in [0, 0.05) is 13.2 Å². The van der Waals surface area contributed by atoms with Crippen molar-refractivity contribution in [3.63, 3.8) is 0 Å². The number of methoxy groups -OCH3 is 1. The van der Waals surface area contributed by atoms with Gasteiger partial charge in [-0.3, -0.25) is 0 Å². The number of esters is 1. The number of hydrogen-bond acceptors (Lipinski definition) is 7. The van der Waals surface area contributed by atoms with Gasteiger partial charge in [0.1, 0.15) is 18.3 Å². The molecule has 166 valence electrons. The molecule has 1 fully saturated rings. The summed E-state index contributed by atoms with van der Waals surface area (Å²) in [5.74, 6) is -0.631. The summed E-state index contributed by atoms with van der Waals surface area (Å²) in [6, 6.07) is 19.1. The lowest BCUT2D eigenvalue weighted by atomic mass is 9.98. The normalized spacial score (nSPS) is 26.1. The first-order chi connectivity index (χ1) is 15.1. The van der Waals surface area contributed by atoms with Gasteiger partial charge in [0.05, 0.1) is 13.2 Å². The lowest BCUT2D eigenvalue weighted by Gasteiger charge is -2.42. The molecule has 0 bridgehead atoms. The highest BCUT2D eigenvalue weighted by atomic mass is 16.7. The minimum Gasteiger partial charge on any atom is -0.453 e. The topological polar surface area (TPSA) is 94.5 Å². The molecule has 3 rings (SSSR count). The quantitative estimate of drug-likeness (QED) is 0.466. The number of carbonyl (C=O) groups is 1. The van der Waals surface area contributed by atoms with E-state index < -0.39 is 43.3 Å². The third kappa shape index (κ3) is 6.46. The maximum atomic E-state index is 12.3. The van der Waals surface area contributed by atoms with Crippen molar-refractivity contribution in [3.8, 4) is 0 Å². The van der Waals surface area contributed by atoms with Gasteiger partial charge in [0.25, 0.3) is 0 Å². The molecule has 0 amide bonds. The summed E-state index contributed by atoms with van der Waals surface area (Å²) in [6.45, 7) is -0.115. The fraction of sp³-hybridized carbons (Fsp3) is 0.375. The van der Waals surface area contributed by atoms with Gasteiger partial charge in [-0.1, -0.05) is 60.7 Å². The number of benzene rings is 2. The van der Waals surface area contributed by atoms with Gasteiger partial charge in [-0.25, -0.2) is 4.79 Å². The summed E-state index contributed by atoms with van der Waals surface area (Å²) >= 11 is 0. The van der Waals surface area contributed by atoms with Crippen LogP contribution >= 0.6 is 0 Å². The van der Waals surface area contributed by atoms with Crippen molar-refractivity contribution >= 4 is 12.0 Å². The van der Waals surface area contributed by atoms with Gasteiger partial charge in [0.15, 0.2) is 12.4 Å². The first-order valence-corrected chi connectivity index (χ1v) is 10.2. The highest BCUT2D eigenvalue weighted by molar-refractivity contribution is 5.87. The fourth-order valence-electron chi connectivity index (χ4n) is 3.43. The molecule has 7 heteroatoms. The van der Waals surface area contributed by atoms with Crippen LogP contribution in [0.15, 0.2) is 66.7 Å². The van der Waals surface area contributed by atoms with E-state index in [-0.39, 0.29) is 0 Å². The van der Waals surface area contributed by atoms with E-state index in [0.29, 0.717) is 13.0 Å². The number of carbonyl (C=O) groups excluding carboxylic acids is 1. The van der Waals surface area contributed by atoms with Crippen LogP contribution in [0.2, 0.25) is 0 Å². The SMILES string of the molecule is COC1C(O)[C@H](OCCc2ccccc2)OC(CO)[C@@H]1OC(=O)C=Cc1ccccc1. The molecule has 0 spiro atoms. The highest BCUT2D eigenvalue weighted by Crippen LogP contribution is 2.26. The smallest absolute Gasteiger partial charge is 0.331 e. The Morgan fingerprint density at radius 1 is 1.06 bits per heavy atom. The van der Waals surface area contributed by atoms with Crippen LogP contribution in [0.25, 0.3) is 6.08 Å².